The van der Waals surface area contributed by atoms with Crippen molar-refractivity contribution in [3.8, 4) is 5.69 Å². The zero-order valence-corrected chi connectivity index (χ0v) is 17.7. The van der Waals surface area contributed by atoms with Gasteiger partial charge in [-0.1, -0.05) is 0 Å². The van der Waals surface area contributed by atoms with Crippen molar-refractivity contribution >= 4 is 23.2 Å². The molecule has 13 heteroatoms. The summed E-state index contributed by atoms with van der Waals surface area (Å²) in [5.74, 6) is -1.60. The van der Waals surface area contributed by atoms with Crippen molar-refractivity contribution in [2.75, 3.05) is 17.2 Å². The van der Waals surface area contributed by atoms with Crippen LogP contribution in [0.1, 0.15) is 16.1 Å². The molecule has 1 unspecified atom stereocenters. The van der Waals surface area contributed by atoms with Crippen LogP contribution in [-0.2, 0) is 6.54 Å². The smallest absolute Gasteiger partial charge is 0.252 e. The summed E-state index contributed by atoms with van der Waals surface area (Å²) >= 11 is 0. The molecule has 1 amide bonds. The lowest BCUT2D eigenvalue weighted by atomic mass is 10.2. The number of carbonyl (C=O) groups is 1. The van der Waals surface area contributed by atoms with E-state index in [9.17, 15) is 9.18 Å². The highest BCUT2D eigenvalue weighted by Crippen LogP contribution is 2.25. The van der Waals surface area contributed by atoms with E-state index in [1.807, 2.05) is 6.92 Å². The van der Waals surface area contributed by atoms with Crippen molar-refractivity contribution in [2.45, 2.75) is 19.5 Å². The molecule has 0 aromatic carbocycles. The minimum absolute atomic E-state index is 0.0614. The number of anilines is 3. The summed E-state index contributed by atoms with van der Waals surface area (Å²) < 4.78 is 16.4. The van der Waals surface area contributed by atoms with Crippen LogP contribution in [0.5, 0.6) is 0 Å². The van der Waals surface area contributed by atoms with E-state index in [2.05, 4.69) is 35.9 Å². The number of carbonyl (C=O) groups excluding carboxylic acids is 1. The summed E-state index contributed by atoms with van der Waals surface area (Å²) in [4.78, 5) is 22.0. The number of nitrogens with one attached hydrogen (secondary N) is 2. The van der Waals surface area contributed by atoms with E-state index in [0.29, 0.717) is 23.6 Å². The monoisotopic (exact) mass is 451 g/mol. The molecule has 0 fully saturated rings. The molecule has 6 N–H and O–H groups in total. The molecule has 0 aliphatic carbocycles. The second kappa shape index (κ2) is 9.40. The van der Waals surface area contributed by atoms with Gasteiger partial charge in [-0.2, -0.15) is 15.3 Å². The minimum atomic E-state index is -0.837. The first kappa shape index (κ1) is 21.8. The lowest BCUT2D eigenvalue weighted by molar-refractivity contribution is 0.100. The number of amides is 1. The molecule has 0 bridgehead atoms. The third-order valence-corrected chi connectivity index (χ3v) is 4.79. The van der Waals surface area contributed by atoms with E-state index >= 15 is 0 Å². The van der Waals surface area contributed by atoms with Crippen LogP contribution < -0.4 is 22.1 Å². The molecule has 4 aromatic heterocycles. The maximum Gasteiger partial charge on any atom is 0.252 e. The first-order valence-corrected chi connectivity index (χ1v) is 9.99. The maximum atomic E-state index is 14.8. The molecule has 0 aliphatic heterocycles. The molecule has 12 nitrogen and oxygen atoms in total. The molecule has 0 radical (unpaired) electrons. The Hall–Kier alpha value is -4.39. The average molecular weight is 451 g/mol. The van der Waals surface area contributed by atoms with Gasteiger partial charge in [0.1, 0.15) is 11.5 Å². The summed E-state index contributed by atoms with van der Waals surface area (Å²) in [5, 5.41) is 18.3. The molecule has 0 aliphatic rings. The van der Waals surface area contributed by atoms with Crippen LogP contribution in [0.4, 0.5) is 21.7 Å². The summed E-state index contributed by atoms with van der Waals surface area (Å²) in [6.07, 6.45) is 8.04. The van der Waals surface area contributed by atoms with E-state index in [-0.39, 0.29) is 29.8 Å². The van der Waals surface area contributed by atoms with Gasteiger partial charge >= 0.3 is 0 Å². The lowest BCUT2D eigenvalue weighted by Gasteiger charge is -2.19. The van der Waals surface area contributed by atoms with Crippen LogP contribution in [0.25, 0.3) is 5.69 Å². The fourth-order valence-corrected chi connectivity index (χ4v) is 3.15. The zero-order valence-electron chi connectivity index (χ0n) is 17.7. The van der Waals surface area contributed by atoms with Gasteiger partial charge < -0.3 is 22.1 Å². The normalized spacial score (nSPS) is 11.8. The summed E-state index contributed by atoms with van der Waals surface area (Å²) in [6, 6.07) is 4.17. The molecular weight excluding hydrogens is 429 g/mol. The Morgan fingerprint density at radius 2 is 1.97 bits per heavy atom. The zero-order chi connectivity index (χ0) is 23.4. The second-order valence-corrected chi connectivity index (χ2v) is 7.16. The van der Waals surface area contributed by atoms with Gasteiger partial charge in [-0.25, -0.2) is 9.37 Å². The van der Waals surface area contributed by atoms with Crippen molar-refractivity contribution in [3.05, 3.63) is 66.3 Å². The first-order valence-electron chi connectivity index (χ1n) is 9.99. The Balaban J connectivity index is 1.64. The Bertz CT molecular complexity index is 1240. The van der Waals surface area contributed by atoms with Gasteiger partial charge in [0.25, 0.3) is 5.91 Å². The van der Waals surface area contributed by atoms with Gasteiger partial charge in [-0.3, -0.25) is 14.5 Å². The van der Waals surface area contributed by atoms with Crippen molar-refractivity contribution in [1.29, 1.82) is 0 Å². The van der Waals surface area contributed by atoms with Crippen LogP contribution in [0.2, 0.25) is 0 Å². The fraction of sp³-hybridized carbons (Fsp3) is 0.200. The number of aryl methyl sites for hydroxylation is 1. The van der Waals surface area contributed by atoms with E-state index in [1.54, 1.807) is 47.8 Å². The highest BCUT2D eigenvalue weighted by Gasteiger charge is 2.19. The molecule has 4 rings (SSSR count). The molecule has 33 heavy (non-hydrogen) atoms. The minimum Gasteiger partial charge on any atom is -0.365 e. The van der Waals surface area contributed by atoms with Gasteiger partial charge in [0.15, 0.2) is 11.6 Å². The summed E-state index contributed by atoms with van der Waals surface area (Å²) in [6.45, 7) is 2.40. The Labute approximate surface area is 187 Å². The number of nitrogens with two attached hydrogens (primary N) is 2. The molecule has 1 atom stereocenters. The van der Waals surface area contributed by atoms with Crippen LogP contribution in [-0.4, -0.2) is 53.2 Å². The van der Waals surface area contributed by atoms with E-state index < -0.39 is 11.7 Å². The number of nitrogens with zero attached hydrogens (tertiary/aromatic N) is 7. The Morgan fingerprint density at radius 3 is 2.64 bits per heavy atom. The molecule has 0 saturated heterocycles. The highest BCUT2D eigenvalue weighted by atomic mass is 19.1. The van der Waals surface area contributed by atoms with Crippen molar-refractivity contribution in [3.63, 3.8) is 0 Å². The number of hydrogen-bond acceptors (Lipinski definition) is 9. The maximum absolute atomic E-state index is 14.8. The molecule has 4 aromatic rings. The Morgan fingerprint density at radius 1 is 1.18 bits per heavy atom. The number of hydrogen-bond donors (Lipinski definition) is 4. The topological polar surface area (TPSA) is 167 Å². The summed E-state index contributed by atoms with van der Waals surface area (Å²) in [5.41, 5.74) is 13.0. The van der Waals surface area contributed by atoms with Crippen LogP contribution in [0.15, 0.2) is 49.2 Å². The van der Waals surface area contributed by atoms with Crippen LogP contribution in [0, 0.1) is 12.7 Å². The molecule has 0 spiro atoms. The third-order valence-electron chi connectivity index (χ3n) is 4.79. The highest BCUT2D eigenvalue weighted by molar-refractivity contribution is 5.98. The molecule has 0 saturated carbocycles. The average Bonchev–Trinajstić information content (AvgIpc) is 3.50. The summed E-state index contributed by atoms with van der Waals surface area (Å²) in [7, 11) is 0. The standard InChI is InChI=1S/C20H22FN11O/c1-12-17(32-26-4-5-27-32)7-13(10-24-12)28-19-15(18(23)33)8-16(21)20(30-19)29-14(9-22)11-31-6-2-3-25-31/h2-8,10,14H,9,11,22H2,1H3,(H2,23,33)(H2,28,29,30). The molecule has 170 valence electrons. The number of pyridine rings is 2. The van der Waals surface area contributed by atoms with Gasteiger partial charge in [0.2, 0.25) is 0 Å². The third kappa shape index (κ3) is 4.93. The molecule has 4 heterocycles. The number of aromatic nitrogens is 7. The molecular formula is C20H22FN11O. The van der Waals surface area contributed by atoms with Crippen molar-refractivity contribution in [1.82, 2.24) is 34.7 Å². The predicted octanol–water partition coefficient (Wildman–Crippen LogP) is 0.983. The fourth-order valence-electron chi connectivity index (χ4n) is 3.15. The van der Waals surface area contributed by atoms with Crippen LogP contribution >= 0.6 is 0 Å². The SMILES string of the molecule is Cc1ncc(Nc2nc(NC(CN)Cn3cccn3)c(F)cc2C(N)=O)cc1-n1nccn1. The van der Waals surface area contributed by atoms with Gasteiger partial charge in [0, 0.05) is 18.9 Å². The Kier molecular flexibility index (Phi) is 6.22. The van der Waals surface area contributed by atoms with E-state index in [1.165, 1.54) is 4.80 Å². The van der Waals surface area contributed by atoms with Crippen molar-refractivity contribution in [2.24, 2.45) is 11.5 Å². The largest absolute Gasteiger partial charge is 0.365 e. The number of rotatable bonds is 9. The van der Waals surface area contributed by atoms with Gasteiger partial charge in [-0.15, -0.1) is 4.80 Å². The van der Waals surface area contributed by atoms with Gasteiger partial charge in [-0.05, 0) is 25.1 Å². The quantitative estimate of drug-likeness (QED) is 0.290. The van der Waals surface area contributed by atoms with Gasteiger partial charge in [0.05, 0.1) is 48.1 Å². The second-order valence-electron chi connectivity index (χ2n) is 7.16. The number of halogens is 1. The first-order chi connectivity index (χ1) is 15.9. The lowest BCUT2D eigenvalue weighted by Crippen LogP contribution is -2.34. The van der Waals surface area contributed by atoms with E-state index in [4.69, 9.17) is 11.5 Å². The van der Waals surface area contributed by atoms with Crippen LogP contribution in [0.3, 0.4) is 0 Å². The van der Waals surface area contributed by atoms with Crippen molar-refractivity contribution < 1.29 is 9.18 Å². The predicted molar refractivity (Wildman–Crippen MR) is 119 cm³/mol. The van der Waals surface area contributed by atoms with E-state index in [0.717, 1.165) is 6.07 Å². The number of primary amides is 1.